The highest BCUT2D eigenvalue weighted by atomic mass is 32.2. The predicted octanol–water partition coefficient (Wildman–Crippen LogP) is 4.11. The molecule has 0 fully saturated rings. The van der Waals surface area contributed by atoms with E-state index >= 15 is 0 Å². The number of carbonyl (C=O) groups is 2. The van der Waals surface area contributed by atoms with Crippen LogP contribution in [0.3, 0.4) is 0 Å². The minimum Gasteiger partial charge on any atom is -0.355 e. The van der Waals surface area contributed by atoms with Gasteiger partial charge in [0.2, 0.25) is 11.8 Å². The third-order valence-electron chi connectivity index (χ3n) is 6.65. The molecule has 0 saturated carbocycles. The number of rotatable bonds is 11. The van der Waals surface area contributed by atoms with E-state index in [9.17, 15) is 18.0 Å². The Bertz CT molecular complexity index is 1340. The van der Waals surface area contributed by atoms with Gasteiger partial charge in [-0.05, 0) is 49.3 Å². The van der Waals surface area contributed by atoms with Crippen LogP contribution in [0.4, 0.5) is 5.69 Å². The molecule has 1 heterocycles. The minimum atomic E-state index is -3.66. The molecule has 0 spiro atoms. The Morgan fingerprint density at radius 3 is 2.39 bits per heavy atom. The van der Waals surface area contributed by atoms with Gasteiger partial charge in [0.25, 0.3) is 10.0 Å². The van der Waals surface area contributed by atoms with E-state index in [0.717, 1.165) is 16.3 Å². The van der Waals surface area contributed by atoms with Gasteiger partial charge in [0.05, 0.1) is 10.6 Å². The Kier molecular flexibility index (Phi) is 7.94. The third-order valence-corrected chi connectivity index (χ3v) is 8.51. The van der Waals surface area contributed by atoms with E-state index in [2.05, 4.69) is 5.32 Å². The summed E-state index contributed by atoms with van der Waals surface area (Å²) in [6.07, 6.45) is 1.66. The van der Waals surface area contributed by atoms with Gasteiger partial charge in [-0.1, -0.05) is 61.5 Å². The molecule has 1 N–H and O–H groups in total. The van der Waals surface area contributed by atoms with E-state index in [1.54, 1.807) is 17.0 Å². The fourth-order valence-corrected chi connectivity index (χ4v) is 6.65. The zero-order chi connectivity index (χ0) is 25.7. The number of amides is 2. The van der Waals surface area contributed by atoms with Gasteiger partial charge in [0, 0.05) is 31.4 Å². The maximum absolute atomic E-state index is 13.4. The monoisotopic (exact) mass is 507 g/mol. The summed E-state index contributed by atoms with van der Waals surface area (Å²) in [7, 11) is -3.66. The number of hydrogen-bond acceptors (Lipinski definition) is 4. The van der Waals surface area contributed by atoms with Crippen molar-refractivity contribution in [2.24, 2.45) is 0 Å². The summed E-state index contributed by atoms with van der Waals surface area (Å²) in [6.45, 7) is 4.87. The number of carbonyl (C=O) groups excluding carboxylic acids is 2. The van der Waals surface area contributed by atoms with Crippen LogP contribution in [0.15, 0.2) is 71.6 Å². The van der Waals surface area contributed by atoms with Crippen LogP contribution in [-0.4, -0.2) is 50.8 Å². The molecule has 7 nitrogen and oxygen atoms in total. The lowest BCUT2D eigenvalue weighted by Gasteiger charge is -2.31. The highest BCUT2D eigenvalue weighted by molar-refractivity contribution is 7.93. The van der Waals surface area contributed by atoms with E-state index in [4.69, 9.17) is 0 Å². The van der Waals surface area contributed by atoms with Gasteiger partial charge in [-0.3, -0.25) is 13.9 Å². The molecule has 0 saturated heterocycles. The fourth-order valence-electron chi connectivity index (χ4n) is 4.90. The summed E-state index contributed by atoms with van der Waals surface area (Å²) >= 11 is 0. The van der Waals surface area contributed by atoms with Crippen molar-refractivity contribution < 1.29 is 18.0 Å². The van der Waals surface area contributed by atoms with Crippen LogP contribution in [0.2, 0.25) is 0 Å². The first-order valence-corrected chi connectivity index (χ1v) is 14.0. The van der Waals surface area contributed by atoms with E-state index in [1.165, 1.54) is 4.31 Å². The summed E-state index contributed by atoms with van der Waals surface area (Å²) in [5.41, 5.74) is 1.75. The Morgan fingerprint density at radius 1 is 0.972 bits per heavy atom. The second-order valence-corrected chi connectivity index (χ2v) is 10.8. The third kappa shape index (κ3) is 5.09. The largest absolute Gasteiger partial charge is 0.355 e. The van der Waals surface area contributed by atoms with Crippen LogP contribution in [0.1, 0.15) is 38.7 Å². The van der Waals surface area contributed by atoms with Crippen LogP contribution in [0.5, 0.6) is 0 Å². The first kappa shape index (κ1) is 25.7. The molecule has 0 bridgehead atoms. The number of nitrogens with one attached hydrogen (secondary N) is 1. The summed E-state index contributed by atoms with van der Waals surface area (Å²) < 4.78 is 27.9. The molecule has 1 aliphatic heterocycles. The van der Waals surface area contributed by atoms with Crippen molar-refractivity contribution in [2.75, 3.05) is 23.9 Å². The molecule has 4 rings (SSSR count). The van der Waals surface area contributed by atoms with Crippen LogP contribution in [0.25, 0.3) is 10.8 Å². The maximum atomic E-state index is 13.4. The standard InChI is InChI=1S/C28H33N3O4S/c1-3-23(28(33)29-4-2)30(20-18-21-11-6-5-7-12-21)26(32)17-10-19-31-24-15-8-13-22-14-9-16-25(27(22)24)36(31,34)35/h5-9,11-16,23H,3-4,10,17-20H2,1-2H3,(H,29,33). The molecule has 3 aromatic rings. The predicted molar refractivity (Wildman–Crippen MR) is 142 cm³/mol. The lowest BCUT2D eigenvalue weighted by Crippen LogP contribution is -2.50. The normalized spacial score (nSPS) is 14.6. The summed E-state index contributed by atoms with van der Waals surface area (Å²) in [6, 6.07) is 20.2. The first-order valence-electron chi connectivity index (χ1n) is 12.5. The molecule has 0 radical (unpaired) electrons. The second kappa shape index (κ2) is 11.1. The Morgan fingerprint density at radius 2 is 1.69 bits per heavy atom. The van der Waals surface area contributed by atoms with E-state index < -0.39 is 16.1 Å². The molecule has 1 unspecified atom stereocenters. The highest BCUT2D eigenvalue weighted by Gasteiger charge is 2.35. The number of sulfonamides is 1. The van der Waals surface area contributed by atoms with Gasteiger partial charge < -0.3 is 10.2 Å². The van der Waals surface area contributed by atoms with Gasteiger partial charge in [-0.15, -0.1) is 0 Å². The Labute approximate surface area is 213 Å². The quantitative estimate of drug-likeness (QED) is 0.423. The zero-order valence-electron chi connectivity index (χ0n) is 20.8. The van der Waals surface area contributed by atoms with Crippen molar-refractivity contribution in [1.29, 1.82) is 0 Å². The highest BCUT2D eigenvalue weighted by Crippen LogP contribution is 2.42. The Balaban J connectivity index is 1.48. The molecule has 0 aliphatic carbocycles. The van der Waals surface area contributed by atoms with E-state index in [1.807, 2.05) is 68.4 Å². The van der Waals surface area contributed by atoms with Crippen molar-refractivity contribution in [3.8, 4) is 0 Å². The van der Waals surface area contributed by atoms with Crippen LogP contribution < -0.4 is 9.62 Å². The van der Waals surface area contributed by atoms with Gasteiger partial charge in [0.1, 0.15) is 6.04 Å². The number of nitrogens with zero attached hydrogens (tertiary/aromatic N) is 2. The van der Waals surface area contributed by atoms with Crippen molar-refractivity contribution >= 4 is 38.3 Å². The minimum absolute atomic E-state index is 0.142. The summed E-state index contributed by atoms with van der Waals surface area (Å²) in [5.74, 6) is -0.304. The van der Waals surface area contributed by atoms with Crippen LogP contribution >= 0.6 is 0 Å². The summed E-state index contributed by atoms with van der Waals surface area (Å²) in [4.78, 5) is 28.1. The van der Waals surface area contributed by atoms with Crippen LogP contribution in [-0.2, 0) is 26.0 Å². The molecular formula is C28H33N3O4S. The average molecular weight is 508 g/mol. The lowest BCUT2D eigenvalue weighted by atomic mass is 10.1. The first-order chi connectivity index (χ1) is 17.4. The molecule has 3 aromatic carbocycles. The smallest absolute Gasteiger partial charge is 0.265 e. The van der Waals surface area contributed by atoms with E-state index in [-0.39, 0.29) is 24.8 Å². The van der Waals surface area contributed by atoms with Gasteiger partial charge in [-0.2, -0.15) is 0 Å². The van der Waals surface area contributed by atoms with Crippen molar-refractivity contribution in [1.82, 2.24) is 10.2 Å². The fraction of sp³-hybridized carbons (Fsp3) is 0.357. The topological polar surface area (TPSA) is 86.8 Å². The van der Waals surface area contributed by atoms with Gasteiger partial charge in [0.15, 0.2) is 0 Å². The van der Waals surface area contributed by atoms with Crippen LogP contribution in [0, 0.1) is 0 Å². The second-order valence-electron chi connectivity index (χ2n) is 8.95. The molecule has 1 atom stereocenters. The molecule has 36 heavy (non-hydrogen) atoms. The maximum Gasteiger partial charge on any atom is 0.265 e. The molecule has 1 aliphatic rings. The lowest BCUT2D eigenvalue weighted by molar-refractivity contribution is -0.140. The van der Waals surface area contributed by atoms with Crippen molar-refractivity contribution in [2.45, 2.75) is 50.5 Å². The number of hydrogen-bond donors (Lipinski definition) is 1. The molecule has 8 heteroatoms. The SMILES string of the molecule is CCNC(=O)C(CC)N(CCc1ccccc1)C(=O)CCCN1c2cccc3cccc(c23)S1(=O)=O. The number of likely N-dealkylation sites (N-methyl/N-ethyl adjacent to an activating group) is 1. The van der Waals surface area contributed by atoms with E-state index in [0.29, 0.717) is 42.9 Å². The summed E-state index contributed by atoms with van der Waals surface area (Å²) in [5, 5.41) is 4.46. The molecular weight excluding hydrogens is 474 g/mol. The van der Waals surface area contributed by atoms with Gasteiger partial charge in [-0.25, -0.2) is 8.42 Å². The molecule has 0 aromatic heterocycles. The zero-order valence-corrected chi connectivity index (χ0v) is 21.6. The van der Waals surface area contributed by atoms with Crippen molar-refractivity contribution in [3.05, 3.63) is 72.3 Å². The Hall–Kier alpha value is -3.39. The number of benzene rings is 3. The molecule has 2 amide bonds. The molecule has 190 valence electrons. The van der Waals surface area contributed by atoms with Crippen molar-refractivity contribution in [3.63, 3.8) is 0 Å². The van der Waals surface area contributed by atoms with Gasteiger partial charge >= 0.3 is 0 Å². The average Bonchev–Trinajstić information content (AvgIpc) is 3.10. The number of anilines is 1.